The van der Waals surface area contributed by atoms with Gasteiger partial charge in [0.1, 0.15) is 11.8 Å². The van der Waals surface area contributed by atoms with E-state index >= 15 is 0 Å². The maximum Gasteiger partial charge on any atom is 0.408 e. The molecule has 2 rings (SSSR count). The average Bonchev–Trinajstić information content (AvgIpc) is 2.70. The van der Waals surface area contributed by atoms with Gasteiger partial charge in [-0.05, 0) is 36.2 Å². The highest BCUT2D eigenvalue weighted by Crippen LogP contribution is 2.24. The number of amides is 1. The molecule has 144 valence electrons. The lowest BCUT2D eigenvalue weighted by Gasteiger charge is -2.27. The van der Waals surface area contributed by atoms with Crippen molar-refractivity contribution < 1.29 is 24.2 Å². The summed E-state index contributed by atoms with van der Waals surface area (Å²) in [7, 11) is 2.88. The molecule has 0 unspecified atom stereocenters. The maximum absolute atomic E-state index is 12.2. The third kappa shape index (κ3) is 6.21. The van der Waals surface area contributed by atoms with Gasteiger partial charge in [0.05, 0.1) is 14.2 Å². The summed E-state index contributed by atoms with van der Waals surface area (Å²) in [6.07, 6.45) is -0.800. The number of methoxy groups -OCH3 is 2. The van der Waals surface area contributed by atoms with Gasteiger partial charge in [0.25, 0.3) is 0 Å². The number of carbonyl (C=O) groups is 2. The fraction of sp³-hybridized carbons (Fsp3) is 0.300. The lowest BCUT2D eigenvalue weighted by Crippen LogP contribution is -2.44. The SMILES string of the molecule is COC(=O)[C@H](CCSc1ccc(OC)cc1)N(Cc1ccccc1)C(=O)O. The summed E-state index contributed by atoms with van der Waals surface area (Å²) >= 11 is 1.55. The third-order valence-corrected chi connectivity index (χ3v) is 5.06. The standard InChI is InChI=1S/C20H23NO5S/c1-25-16-8-10-17(11-9-16)27-13-12-18(19(22)26-2)21(20(23)24)14-15-6-4-3-5-7-15/h3-11,18H,12-14H2,1-2H3,(H,23,24)/t18-/m0/s1. The van der Waals surface area contributed by atoms with E-state index in [2.05, 4.69) is 0 Å². The molecule has 0 spiro atoms. The van der Waals surface area contributed by atoms with Crippen molar-refractivity contribution in [3.05, 3.63) is 60.2 Å². The molecule has 2 aromatic carbocycles. The molecule has 0 radical (unpaired) electrons. The van der Waals surface area contributed by atoms with Crippen molar-refractivity contribution in [3.63, 3.8) is 0 Å². The average molecular weight is 389 g/mol. The van der Waals surface area contributed by atoms with E-state index in [0.717, 1.165) is 21.1 Å². The fourth-order valence-electron chi connectivity index (χ4n) is 2.59. The minimum Gasteiger partial charge on any atom is -0.497 e. The van der Waals surface area contributed by atoms with Crippen LogP contribution in [0.2, 0.25) is 0 Å². The molecule has 1 amide bonds. The summed E-state index contributed by atoms with van der Waals surface area (Å²) in [5.74, 6) is 0.792. The van der Waals surface area contributed by atoms with Crippen molar-refractivity contribution >= 4 is 23.8 Å². The summed E-state index contributed by atoms with van der Waals surface area (Å²) < 4.78 is 9.97. The molecule has 7 heteroatoms. The topological polar surface area (TPSA) is 76.1 Å². The Morgan fingerprint density at radius 2 is 1.74 bits per heavy atom. The van der Waals surface area contributed by atoms with Crippen molar-refractivity contribution in [1.82, 2.24) is 4.90 Å². The number of ether oxygens (including phenoxy) is 2. The molecule has 0 aliphatic rings. The monoisotopic (exact) mass is 389 g/mol. The van der Waals surface area contributed by atoms with Crippen LogP contribution in [0, 0.1) is 0 Å². The zero-order chi connectivity index (χ0) is 19.6. The highest BCUT2D eigenvalue weighted by Gasteiger charge is 2.30. The molecule has 1 N–H and O–H groups in total. The van der Waals surface area contributed by atoms with E-state index in [0.29, 0.717) is 12.2 Å². The Labute approximate surface area is 163 Å². The van der Waals surface area contributed by atoms with Crippen LogP contribution in [-0.2, 0) is 16.1 Å². The number of rotatable bonds is 9. The van der Waals surface area contributed by atoms with E-state index in [4.69, 9.17) is 9.47 Å². The predicted octanol–water partition coefficient (Wildman–Crippen LogP) is 3.90. The first-order valence-electron chi connectivity index (χ1n) is 8.43. The number of hydrogen-bond acceptors (Lipinski definition) is 5. The van der Waals surface area contributed by atoms with Crippen LogP contribution >= 0.6 is 11.8 Å². The number of carboxylic acid groups (broad SMARTS) is 1. The summed E-state index contributed by atoms with van der Waals surface area (Å²) in [5, 5.41) is 9.62. The predicted molar refractivity (Wildman–Crippen MR) is 104 cm³/mol. The second-order valence-corrected chi connectivity index (χ2v) is 6.92. The first kappa shape index (κ1) is 20.6. The van der Waals surface area contributed by atoms with E-state index < -0.39 is 18.1 Å². The van der Waals surface area contributed by atoms with Crippen LogP contribution in [0.4, 0.5) is 4.79 Å². The minimum atomic E-state index is -1.15. The summed E-state index contributed by atoms with van der Waals surface area (Å²) in [6, 6.07) is 15.9. The number of hydrogen-bond donors (Lipinski definition) is 1. The van der Waals surface area contributed by atoms with Gasteiger partial charge in [-0.1, -0.05) is 30.3 Å². The van der Waals surface area contributed by atoms with Crippen LogP contribution in [0.5, 0.6) is 5.75 Å². The van der Waals surface area contributed by atoms with E-state index in [1.54, 1.807) is 18.9 Å². The van der Waals surface area contributed by atoms with Crippen LogP contribution in [0.3, 0.4) is 0 Å². The van der Waals surface area contributed by atoms with Crippen LogP contribution in [0.1, 0.15) is 12.0 Å². The highest BCUT2D eigenvalue weighted by molar-refractivity contribution is 7.99. The summed E-state index contributed by atoms with van der Waals surface area (Å²) in [5.41, 5.74) is 0.816. The van der Waals surface area contributed by atoms with Crippen LogP contribution in [-0.4, -0.2) is 48.1 Å². The lowest BCUT2D eigenvalue weighted by molar-refractivity contribution is -0.146. The summed E-state index contributed by atoms with van der Waals surface area (Å²) in [6.45, 7) is 0.128. The molecular formula is C20H23NO5S. The number of thioether (sulfide) groups is 1. The third-order valence-electron chi connectivity index (χ3n) is 4.01. The minimum absolute atomic E-state index is 0.128. The van der Waals surface area contributed by atoms with Gasteiger partial charge in [-0.2, -0.15) is 0 Å². The van der Waals surface area contributed by atoms with Gasteiger partial charge < -0.3 is 14.6 Å². The number of nitrogens with zero attached hydrogens (tertiary/aromatic N) is 1. The van der Waals surface area contributed by atoms with Gasteiger partial charge in [-0.15, -0.1) is 11.8 Å². The zero-order valence-corrected chi connectivity index (χ0v) is 16.1. The number of carbonyl (C=O) groups excluding carboxylic acids is 1. The molecule has 0 fully saturated rings. The Morgan fingerprint density at radius 3 is 2.30 bits per heavy atom. The number of benzene rings is 2. The van der Waals surface area contributed by atoms with Crippen molar-refractivity contribution in [2.24, 2.45) is 0 Å². The Kier molecular flexibility index (Phi) is 8.00. The van der Waals surface area contributed by atoms with Gasteiger partial charge in [-0.25, -0.2) is 9.59 Å². The Balaban J connectivity index is 2.04. The molecule has 0 saturated carbocycles. The Morgan fingerprint density at radius 1 is 1.07 bits per heavy atom. The van der Waals surface area contributed by atoms with Crippen LogP contribution in [0.25, 0.3) is 0 Å². The van der Waals surface area contributed by atoms with Crippen LogP contribution < -0.4 is 4.74 Å². The molecule has 2 aromatic rings. The van der Waals surface area contributed by atoms with E-state index in [-0.39, 0.29) is 6.54 Å². The van der Waals surface area contributed by atoms with Gasteiger partial charge in [0, 0.05) is 17.2 Å². The molecule has 6 nitrogen and oxygen atoms in total. The molecule has 0 saturated heterocycles. The van der Waals surface area contributed by atoms with Gasteiger partial charge >= 0.3 is 12.1 Å². The maximum atomic E-state index is 12.2. The summed E-state index contributed by atoms with van der Waals surface area (Å²) in [4.78, 5) is 26.1. The normalized spacial score (nSPS) is 11.5. The largest absolute Gasteiger partial charge is 0.497 e. The van der Waals surface area contributed by atoms with Crippen LogP contribution in [0.15, 0.2) is 59.5 Å². The quantitative estimate of drug-likeness (QED) is 0.518. The highest BCUT2D eigenvalue weighted by atomic mass is 32.2. The molecular weight excluding hydrogens is 366 g/mol. The molecule has 0 bridgehead atoms. The molecule has 0 aliphatic carbocycles. The smallest absolute Gasteiger partial charge is 0.408 e. The van der Waals surface area contributed by atoms with E-state index in [1.807, 2.05) is 54.6 Å². The van der Waals surface area contributed by atoms with Gasteiger partial charge in [0.15, 0.2) is 0 Å². The van der Waals surface area contributed by atoms with Crippen molar-refractivity contribution in [3.8, 4) is 5.75 Å². The first-order valence-corrected chi connectivity index (χ1v) is 9.42. The molecule has 1 atom stereocenters. The molecule has 27 heavy (non-hydrogen) atoms. The van der Waals surface area contributed by atoms with Gasteiger partial charge in [0.2, 0.25) is 0 Å². The second kappa shape index (κ2) is 10.5. The Hall–Kier alpha value is -2.67. The zero-order valence-electron chi connectivity index (χ0n) is 15.3. The van der Waals surface area contributed by atoms with E-state index in [1.165, 1.54) is 7.11 Å². The fourth-order valence-corrected chi connectivity index (χ4v) is 3.49. The van der Waals surface area contributed by atoms with Crippen molar-refractivity contribution in [2.45, 2.75) is 23.9 Å². The molecule has 0 aromatic heterocycles. The van der Waals surface area contributed by atoms with Crippen molar-refractivity contribution in [1.29, 1.82) is 0 Å². The molecule has 0 aliphatic heterocycles. The molecule has 0 heterocycles. The second-order valence-electron chi connectivity index (χ2n) is 5.75. The lowest BCUT2D eigenvalue weighted by atomic mass is 10.1. The first-order chi connectivity index (χ1) is 13.0. The Bertz CT molecular complexity index is 736. The number of esters is 1. The van der Waals surface area contributed by atoms with E-state index in [9.17, 15) is 14.7 Å². The van der Waals surface area contributed by atoms with Crippen molar-refractivity contribution in [2.75, 3.05) is 20.0 Å². The van der Waals surface area contributed by atoms with Gasteiger partial charge in [-0.3, -0.25) is 4.90 Å².